The molecule has 1 aliphatic carbocycles. The minimum Gasteiger partial charge on any atom is -0.366 e. The predicted octanol–water partition coefficient (Wildman–Crippen LogP) is 4.98. The monoisotopic (exact) mass is 394 g/mol. The molecular weight excluding hydrogens is 360 g/mol. The standard InChI is InChI=1S/C25H34N2O2/c1-18-13-14-21(19(2)17-18)22-23(26-15-9-6-10-16-26)25(29)27(24(22)28)20-11-7-4-3-5-8-12-20/h13-14,17,20H,3-12,15-16H2,1-2H3. The third-order valence-electron chi connectivity index (χ3n) is 6.85. The van der Waals surface area contributed by atoms with Crippen LogP contribution < -0.4 is 0 Å². The van der Waals surface area contributed by atoms with Crippen molar-refractivity contribution >= 4 is 17.4 Å². The highest BCUT2D eigenvalue weighted by Crippen LogP contribution is 2.37. The van der Waals surface area contributed by atoms with Gasteiger partial charge in [-0.05, 0) is 57.1 Å². The zero-order chi connectivity index (χ0) is 20.4. The van der Waals surface area contributed by atoms with E-state index in [-0.39, 0.29) is 17.9 Å². The Balaban J connectivity index is 1.75. The normalized spacial score (nSPS) is 22.3. The van der Waals surface area contributed by atoms with Crippen LogP contribution in [0.5, 0.6) is 0 Å². The Hall–Kier alpha value is -2.10. The molecule has 156 valence electrons. The molecule has 0 unspecified atom stereocenters. The van der Waals surface area contributed by atoms with Gasteiger partial charge in [-0.3, -0.25) is 14.5 Å². The van der Waals surface area contributed by atoms with Crippen LogP contribution in [0.4, 0.5) is 0 Å². The molecule has 1 saturated heterocycles. The van der Waals surface area contributed by atoms with Gasteiger partial charge < -0.3 is 4.90 Å². The van der Waals surface area contributed by atoms with Gasteiger partial charge in [-0.25, -0.2) is 0 Å². The van der Waals surface area contributed by atoms with E-state index in [4.69, 9.17) is 0 Å². The molecule has 4 rings (SSSR count). The third-order valence-corrected chi connectivity index (χ3v) is 6.85. The molecule has 1 aromatic rings. The molecule has 0 radical (unpaired) electrons. The first kappa shape index (κ1) is 20.2. The van der Waals surface area contributed by atoms with Crippen molar-refractivity contribution in [2.24, 2.45) is 0 Å². The first-order valence-corrected chi connectivity index (χ1v) is 11.5. The van der Waals surface area contributed by atoms with Crippen LogP contribution >= 0.6 is 0 Å². The quantitative estimate of drug-likeness (QED) is 0.679. The summed E-state index contributed by atoms with van der Waals surface area (Å²) in [5.74, 6) is -0.106. The molecule has 2 fully saturated rings. The van der Waals surface area contributed by atoms with E-state index in [0.717, 1.165) is 62.7 Å². The van der Waals surface area contributed by atoms with E-state index in [1.807, 2.05) is 6.07 Å². The van der Waals surface area contributed by atoms with Gasteiger partial charge in [0.25, 0.3) is 11.8 Å². The van der Waals surface area contributed by atoms with Crippen LogP contribution in [0.3, 0.4) is 0 Å². The summed E-state index contributed by atoms with van der Waals surface area (Å²) in [5, 5.41) is 0. The molecule has 0 spiro atoms. The highest BCUT2D eigenvalue weighted by atomic mass is 16.2. The number of hydrogen-bond donors (Lipinski definition) is 0. The number of benzene rings is 1. The number of hydrogen-bond acceptors (Lipinski definition) is 3. The largest absolute Gasteiger partial charge is 0.366 e. The van der Waals surface area contributed by atoms with Gasteiger partial charge in [-0.1, -0.05) is 55.9 Å². The Kier molecular flexibility index (Phi) is 6.07. The molecule has 2 amide bonds. The number of imide groups is 1. The molecule has 2 heterocycles. The van der Waals surface area contributed by atoms with Gasteiger partial charge in [-0.15, -0.1) is 0 Å². The zero-order valence-corrected chi connectivity index (χ0v) is 18.0. The molecule has 2 aliphatic heterocycles. The number of nitrogens with zero attached hydrogens (tertiary/aromatic N) is 2. The van der Waals surface area contributed by atoms with Crippen LogP contribution in [0.2, 0.25) is 0 Å². The summed E-state index contributed by atoms with van der Waals surface area (Å²) in [6, 6.07) is 6.26. The number of carbonyl (C=O) groups is 2. The van der Waals surface area contributed by atoms with E-state index in [1.165, 1.54) is 31.2 Å². The number of rotatable bonds is 3. The molecule has 3 aliphatic rings. The van der Waals surface area contributed by atoms with E-state index in [0.29, 0.717) is 11.3 Å². The second-order valence-electron chi connectivity index (χ2n) is 9.07. The number of piperidine rings is 1. The van der Waals surface area contributed by atoms with Crippen molar-refractivity contribution in [2.75, 3.05) is 13.1 Å². The number of aryl methyl sites for hydroxylation is 2. The van der Waals surface area contributed by atoms with Crippen LogP contribution in [0.1, 0.15) is 80.9 Å². The summed E-state index contributed by atoms with van der Waals surface area (Å²) < 4.78 is 0. The molecule has 0 aromatic heterocycles. The average molecular weight is 395 g/mol. The summed E-state index contributed by atoms with van der Waals surface area (Å²) in [4.78, 5) is 31.2. The topological polar surface area (TPSA) is 40.6 Å². The lowest BCUT2D eigenvalue weighted by Crippen LogP contribution is -2.43. The third kappa shape index (κ3) is 3.99. The zero-order valence-electron chi connectivity index (χ0n) is 18.0. The number of likely N-dealkylation sites (tertiary alicyclic amines) is 1. The molecule has 0 bridgehead atoms. The Labute approximate surface area is 175 Å². The number of carbonyl (C=O) groups excluding carboxylic acids is 2. The lowest BCUT2D eigenvalue weighted by molar-refractivity contribution is -0.140. The SMILES string of the molecule is Cc1ccc(C2=C(N3CCCCC3)C(=O)N(C3CCCCCCC3)C2=O)c(C)c1. The highest BCUT2D eigenvalue weighted by molar-refractivity contribution is 6.36. The maximum absolute atomic E-state index is 13.7. The predicted molar refractivity (Wildman–Crippen MR) is 116 cm³/mol. The van der Waals surface area contributed by atoms with Crippen LogP contribution in [-0.4, -0.2) is 40.7 Å². The van der Waals surface area contributed by atoms with Gasteiger partial charge in [0.2, 0.25) is 0 Å². The Morgan fingerprint density at radius 3 is 2.07 bits per heavy atom. The molecule has 29 heavy (non-hydrogen) atoms. The maximum Gasteiger partial charge on any atom is 0.278 e. The van der Waals surface area contributed by atoms with Gasteiger partial charge in [0.1, 0.15) is 5.70 Å². The molecule has 4 heteroatoms. The van der Waals surface area contributed by atoms with Crippen molar-refractivity contribution in [3.8, 4) is 0 Å². The molecule has 0 N–H and O–H groups in total. The van der Waals surface area contributed by atoms with Gasteiger partial charge in [0, 0.05) is 19.1 Å². The second-order valence-corrected chi connectivity index (χ2v) is 9.07. The van der Waals surface area contributed by atoms with E-state index < -0.39 is 0 Å². The Morgan fingerprint density at radius 2 is 1.41 bits per heavy atom. The fourth-order valence-corrected chi connectivity index (χ4v) is 5.31. The van der Waals surface area contributed by atoms with Gasteiger partial charge in [0.05, 0.1) is 5.57 Å². The Morgan fingerprint density at radius 1 is 0.793 bits per heavy atom. The minimum atomic E-state index is -0.0619. The summed E-state index contributed by atoms with van der Waals surface area (Å²) >= 11 is 0. The first-order chi connectivity index (χ1) is 14.1. The fourth-order valence-electron chi connectivity index (χ4n) is 5.31. The van der Waals surface area contributed by atoms with Crippen molar-refractivity contribution in [1.29, 1.82) is 0 Å². The smallest absolute Gasteiger partial charge is 0.278 e. The van der Waals surface area contributed by atoms with Crippen molar-refractivity contribution in [2.45, 2.75) is 84.1 Å². The van der Waals surface area contributed by atoms with Crippen molar-refractivity contribution < 1.29 is 9.59 Å². The summed E-state index contributed by atoms with van der Waals surface area (Å²) in [6.45, 7) is 5.88. The molecule has 1 saturated carbocycles. The fraction of sp³-hybridized carbons (Fsp3) is 0.600. The number of amides is 2. The van der Waals surface area contributed by atoms with Crippen molar-refractivity contribution in [3.63, 3.8) is 0 Å². The minimum absolute atomic E-state index is 0.0440. The van der Waals surface area contributed by atoms with Crippen LogP contribution in [0, 0.1) is 13.8 Å². The van der Waals surface area contributed by atoms with Gasteiger partial charge in [0.15, 0.2) is 0 Å². The summed E-state index contributed by atoms with van der Waals surface area (Å²) in [6.07, 6.45) is 11.2. The highest BCUT2D eigenvalue weighted by Gasteiger charge is 2.45. The maximum atomic E-state index is 13.7. The summed E-state index contributed by atoms with van der Waals surface area (Å²) in [7, 11) is 0. The average Bonchev–Trinajstić information content (AvgIpc) is 2.93. The molecule has 0 atom stereocenters. The molecular formula is C25H34N2O2. The summed E-state index contributed by atoms with van der Waals surface area (Å²) in [5.41, 5.74) is 4.51. The first-order valence-electron chi connectivity index (χ1n) is 11.5. The van der Waals surface area contributed by atoms with Crippen molar-refractivity contribution in [1.82, 2.24) is 9.80 Å². The van der Waals surface area contributed by atoms with E-state index in [1.54, 1.807) is 4.90 Å². The van der Waals surface area contributed by atoms with Crippen LogP contribution in [0.15, 0.2) is 23.9 Å². The van der Waals surface area contributed by atoms with Crippen LogP contribution in [-0.2, 0) is 9.59 Å². The van der Waals surface area contributed by atoms with Crippen LogP contribution in [0.25, 0.3) is 5.57 Å². The van der Waals surface area contributed by atoms with E-state index >= 15 is 0 Å². The molecule has 4 nitrogen and oxygen atoms in total. The van der Waals surface area contributed by atoms with E-state index in [2.05, 4.69) is 30.9 Å². The second kappa shape index (κ2) is 8.73. The Bertz CT molecular complexity index is 812. The van der Waals surface area contributed by atoms with Crippen molar-refractivity contribution in [3.05, 3.63) is 40.6 Å². The lowest BCUT2D eigenvalue weighted by atomic mass is 9.95. The lowest BCUT2D eigenvalue weighted by Gasteiger charge is -2.31. The van der Waals surface area contributed by atoms with Gasteiger partial charge in [-0.2, -0.15) is 0 Å². The molecule has 1 aromatic carbocycles. The van der Waals surface area contributed by atoms with E-state index in [9.17, 15) is 9.59 Å². The van der Waals surface area contributed by atoms with Gasteiger partial charge >= 0.3 is 0 Å².